The third kappa shape index (κ3) is 6.94. The summed E-state index contributed by atoms with van der Waals surface area (Å²) < 4.78 is 0. The van der Waals surface area contributed by atoms with Crippen LogP contribution >= 0.6 is 0 Å². The fourth-order valence-corrected chi connectivity index (χ4v) is 5.76. The van der Waals surface area contributed by atoms with Crippen molar-refractivity contribution in [3.63, 3.8) is 0 Å². The zero-order valence-electron chi connectivity index (χ0n) is 21.8. The molecule has 3 N–H and O–H groups in total. The Hall–Kier alpha value is -2.19. The molecule has 1 unspecified atom stereocenters. The number of likely N-dealkylation sites (tertiary alicyclic amines) is 2. The lowest BCUT2D eigenvalue weighted by Crippen LogP contribution is -2.49. The van der Waals surface area contributed by atoms with Gasteiger partial charge in [0.05, 0.1) is 0 Å². The summed E-state index contributed by atoms with van der Waals surface area (Å²) in [6.07, 6.45) is 10.8. The molecular formula is C27H45N7O. The average molecular weight is 484 g/mol. The van der Waals surface area contributed by atoms with E-state index >= 15 is 0 Å². The van der Waals surface area contributed by atoms with Crippen LogP contribution in [-0.2, 0) is 4.79 Å². The van der Waals surface area contributed by atoms with Crippen molar-refractivity contribution in [2.24, 2.45) is 0 Å². The van der Waals surface area contributed by atoms with Gasteiger partial charge in [0.1, 0.15) is 17.3 Å². The van der Waals surface area contributed by atoms with Crippen LogP contribution in [0.1, 0.15) is 70.3 Å². The molecule has 0 spiro atoms. The highest BCUT2D eigenvalue weighted by Gasteiger charge is 2.25. The van der Waals surface area contributed by atoms with Crippen LogP contribution in [0.3, 0.4) is 0 Å². The molecule has 0 saturated carbocycles. The maximum Gasteiger partial charge on any atom is 0.270 e. The van der Waals surface area contributed by atoms with Crippen LogP contribution in [0.5, 0.6) is 0 Å². The summed E-state index contributed by atoms with van der Waals surface area (Å²) in [6.45, 7) is 9.90. The van der Waals surface area contributed by atoms with E-state index in [0.717, 1.165) is 57.9 Å². The van der Waals surface area contributed by atoms with Gasteiger partial charge < -0.3 is 20.4 Å². The SMILES string of the molecule is CNc1nc(N2CCCCCC2)ccc1C(=N)C(=O)NC1CCN(CCN2CCCCC2C)CC1. The van der Waals surface area contributed by atoms with Gasteiger partial charge in [-0.2, -0.15) is 0 Å². The van der Waals surface area contributed by atoms with Crippen LogP contribution in [0.2, 0.25) is 0 Å². The van der Waals surface area contributed by atoms with E-state index < -0.39 is 0 Å². The third-order valence-corrected chi connectivity index (χ3v) is 8.11. The predicted octanol–water partition coefficient (Wildman–Crippen LogP) is 3.33. The fraction of sp³-hybridized carbons (Fsp3) is 0.741. The first-order chi connectivity index (χ1) is 17.0. The van der Waals surface area contributed by atoms with Gasteiger partial charge in [0.2, 0.25) is 0 Å². The van der Waals surface area contributed by atoms with Crippen LogP contribution in [0.4, 0.5) is 11.6 Å². The number of anilines is 2. The normalized spacial score (nSPS) is 23.0. The Morgan fingerprint density at radius 3 is 2.37 bits per heavy atom. The van der Waals surface area contributed by atoms with Gasteiger partial charge in [0.15, 0.2) is 0 Å². The molecule has 3 aliphatic rings. The maximum atomic E-state index is 12.9. The van der Waals surface area contributed by atoms with E-state index in [9.17, 15) is 4.79 Å². The van der Waals surface area contributed by atoms with Crippen LogP contribution in [0.15, 0.2) is 12.1 Å². The first-order valence-electron chi connectivity index (χ1n) is 13.8. The van der Waals surface area contributed by atoms with Crippen LogP contribution in [0, 0.1) is 5.41 Å². The summed E-state index contributed by atoms with van der Waals surface area (Å²) in [7, 11) is 1.81. The van der Waals surface area contributed by atoms with Crippen LogP contribution in [-0.4, -0.2) is 91.3 Å². The Kier molecular flexibility index (Phi) is 9.38. The lowest BCUT2D eigenvalue weighted by atomic mass is 10.0. The molecule has 194 valence electrons. The molecule has 8 heteroatoms. The quantitative estimate of drug-likeness (QED) is 0.492. The molecule has 1 aromatic heterocycles. The van der Waals surface area contributed by atoms with E-state index in [-0.39, 0.29) is 17.7 Å². The van der Waals surface area contributed by atoms with E-state index in [0.29, 0.717) is 17.4 Å². The minimum absolute atomic E-state index is 0.00854. The standard InChI is InChI=1S/C27H45N7O/c1-21-9-5-8-14-33(21)20-19-32-17-12-22(13-18-32)30-27(35)25(28)23-10-11-24(31-26(23)29-2)34-15-6-3-4-7-16-34/h10-11,21-22,28H,3-9,12-20H2,1-2H3,(H,29,31)(H,30,35). The van der Waals surface area contributed by atoms with Gasteiger partial charge in [0, 0.05) is 64.0 Å². The first kappa shape index (κ1) is 25.9. The second-order valence-corrected chi connectivity index (χ2v) is 10.6. The number of pyridine rings is 1. The minimum Gasteiger partial charge on any atom is -0.373 e. The molecule has 35 heavy (non-hydrogen) atoms. The Labute approximate surface area is 211 Å². The van der Waals surface area contributed by atoms with Crippen LogP contribution < -0.4 is 15.5 Å². The Bertz CT molecular complexity index is 844. The zero-order valence-corrected chi connectivity index (χ0v) is 21.8. The molecular weight excluding hydrogens is 438 g/mol. The monoisotopic (exact) mass is 483 g/mol. The zero-order chi connectivity index (χ0) is 24.6. The predicted molar refractivity (Wildman–Crippen MR) is 144 cm³/mol. The molecule has 4 heterocycles. The summed E-state index contributed by atoms with van der Waals surface area (Å²) >= 11 is 0. The number of hydrogen-bond acceptors (Lipinski definition) is 7. The molecule has 3 fully saturated rings. The van der Waals surface area contributed by atoms with E-state index in [1.54, 1.807) is 0 Å². The molecule has 3 aliphatic heterocycles. The first-order valence-corrected chi connectivity index (χ1v) is 13.8. The lowest BCUT2D eigenvalue weighted by Gasteiger charge is -2.37. The third-order valence-electron chi connectivity index (χ3n) is 8.11. The van der Waals surface area contributed by atoms with E-state index in [1.807, 2.05) is 19.2 Å². The van der Waals surface area contributed by atoms with Crippen LogP contribution in [0.25, 0.3) is 0 Å². The molecule has 0 aromatic carbocycles. The topological polar surface area (TPSA) is 87.6 Å². The number of carbonyl (C=O) groups excluding carboxylic acids is 1. The van der Waals surface area contributed by atoms with Gasteiger partial charge in [-0.1, -0.05) is 19.3 Å². The minimum atomic E-state index is -0.300. The van der Waals surface area contributed by atoms with Crippen molar-refractivity contribution in [1.82, 2.24) is 20.1 Å². The molecule has 4 rings (SSSR count). The van der Waals surface area contributed by atoms with E-state index in [1.165, 1.54) is 51.5 Å². The Morgan fingerprint density at radius 2 is 1.69 bits per heavy atom. The molecule has 1 amide bonds. The summed E-state index contributed by atoms with van der Waals surface area (Å²) in [4.78, 5) is 25.2. The number of nitrogens with one attached hydrogen (secondary N) is 3. The van der Waals surface area contributed by atoms with Gasteiger partial charge in [-0.3, -0.25) is 15.1 Å². The van der Waals surface area contributed by atoms with Gasteiger partial charge in [-0.25, -0.2) is 4.98 Å². The molecule has 0 radical (unpaired) electrons. The summed E-state index contributed by atoms with van der Waals surface area (Å²) in [5.41, 5.74) is 0.558. The summed E-state index contributed by atoms with van der Waals surface area (Å²) in [5, 5.41) is 14.8. The number of piperidine rings is 2. The molecule has 0 bridgehead atoms. The number of amides is 1. The van der Waals surface area contributed by atoms with E-state index in [2.05, 4.69) is 32.3 Å². The number of hydrogen-bond donors (Lipinski definition) is 3. The maximum absolute atomic E-state index is 12.9. The Morgan fingerprint density at radius 1 is 0.971 bits per heavy atom. The van der Waals surface area contributed by atoms with E-state index in [4.69, 9.17) is 10.4 Å². The number of aromatic nitrogens is 1. The largest absolute Gasteiger partial charge is 0.373 e. The van der Waals surface area contributed by atoms with Gasteiger partial charge >= 0.3 is 0 Å². The van der Waals surface area contributed by atoms with Crippen molar-refractivity contribution in [2.75, 3.05) is 63.1 Å². The Balaban J connectivity index is 1.26. The fourth-order valence-electron chi connectivity index (χ4n) is 5.76. The molecule has 1 atom stereocenters. The number of rotatable bonds is 8. The lowest BCUT2D eigenvalue weighted by molar-refractivity contribution is -0.115. The molecule has 3 saturated heterocycles. The highest BCUT2D eigenvalue weighted by molar-refractivity contribution is 6.45. The smallest absolute Gasteiger partial charge is 0.270 e. The van der Waals surface area contributed by atoms with Crippen molar-refractivity contribution in [1.29, 1.82) is 5.41 Å². The number of carbonyl (C=O) groups is 1. The second kappa shape index (κ2) is 12.7. The van der Waals surface area contributed by atoms with Crippen molar-refractivity contribution in [3.8, 4) is 0 Å². The summed E-state index contributed by atoms with van der Waals surface area (Å²) in [6, 6.07) is 4.69. The second-order valence-electron chi connectivity index (χ2n) is 10.6. The number of nitrogens with zero attached hydrogens (tertiary/aromatic N) is 4. The molecule has 1 aromatic rings. The van der Waals surface area contributed by atoms with Gasteiger partial charge in [-0.05, 0) is 64.1 Å². The van der Waals surface area contributed by atoms with Gasteiger partial charge in [0.25, 0.3) is 5.91 Å². The molecule has 8 nitrogen and oxygen atoms in total. The highest BCUT2D eigenvalue weighted by Crippen LogP contribution is 2.23. The van der Waals surface area contributed by atoms with Crippen molar-refractivity contribution < 1.29 is 4.79 Å². The van der Waals surface area contributed by atoms with Crippen molar-refractivity contribution in [3.05, 3.63) is 17.7 Å². The van der Waals surface area contributed by atoms with Crippen molar-refractivity contribution in [2.45, 2.75) is 76.8 Å². The van der Waals surface area contributed by atoms with Gasteiger partial charge in [-0.15, -0.1) is 0 Å². The molecule has 0 aliphatic carbocycles. The average Bonchev–Trinajstić information content (AvgIpc) is 3.18. The highest BCUT2D eigenvalue weighted by atomic mass is 16.1. The van der Waals surface area contributed by atoms with Crippen molar-refractivity contribution >= 4 is 23.3 Å². The summed E-state index contributed by atoms with van der Waals surface area (Å²) in [5.74, 6) is 1.24.